The molecular formula is C58H84N14O14. The summed E-state index contributed by atoms with van der Waals surface area (Å²) in [7, 11) is 0. The molecule has 11 rings (SSSR count). The van der Waals surface area contributed by atoms with Crippen molar-refractivity contribution < 1.29 is 67.4 Å². The second-order valence-electron chi connectivity index (χ2n) is 25.2. The number of carbonyl (C=O) groups is 13. The highest BCUT2D eigenvalue weighted by molar-refractivity contribution is 6.01. The van der Waals surface area contributed by atoms with Gasteiger partial charge in [-0.15, -0.1) is 0 Å². The SMILES string of the molecule is NCC(=O)N1CCC[C@H]1C(=O)N1CCC[C@H]1C(=O)N1CCC[C@H]1C(=O)N1CCC[C@H]1C(=O)N1CCC[C@H]1C(=O)N1CCN(C(=O)[C@@H]2CCCN2C(=O)[C@@H]2CCCN2C(=O)[C@@H]2CCCN2C(=O)[C@@H]2CCCN2C(=O)[C@@H]2CCCN2C(=O)CN)C1C(=O)O. The zero-order valence-electron chi connectivity index (χ0n) is 49.2. The zero-order valence-corrected chi connectivity index (χ0v) is 49.2. The first kappa shape index (κ1) is 60.7. The maximum Gasteiger partial charge on any atom is 0.347 e. The van der Waals surface area contributed by atoms with Crippen LogP contribution in [0, 0.1) is 0 Å². The summed E-state index contributed by atoms with van der Waals surface area (Å²) in [6, 6.07) is -8.81. The molecule has 12 amide bonds. The van der Waals surface area contributed by atoms with Gasteiger partial charge >= 0.3 is 5.97 Å². The van der Waals surface area contributed by atoms with Gasteiger partial charge in [-0.3, -0.25) is 57.5 Å². The third-order valence-corrected chi connectivity index (χ3v) is 20.6. The van der Waals surface area contributed by atoms with Crippen LogP contribution in [0.4, 0.5) is 0 Å². The van der Waals surface area contributed by atoms with Crippen molar-refractivity contribution >= 4 is 76.9 Å². The van der Waals surface area contributed by atoms with E-state index in [4.69, 9.17) is 11.5 Å². The van der Waals surface area contributed by atoms with Crippen molar-refractivity contribution in [3.05, 3.63) is 0 Å². The number of rotatable bonds is 13. The van der Waals surface area contributed by atoms with Gasteiger partial charge in [0.1, 0.15) is 60.4 Å². The van der Waals surface area contributed by atoms with Crippen molar-refractivity contribution in [3.63, 3.8) is 0 Å². The summed E-state index contributed by atoms with van der Waals surface area (Å²) in [6.45, 7) is 2.15. The summed E-state index contributed by atoms with van der Waals surface area (Å²) in [5.74, 6) is -6.44. The molecule has 11 heterocycles. The van der Waals surface area contributed by atoms with Gasteiger partial charge in [0.15, 0.2) is 0 Å². The van der Waals surface area contributed by atoms with Gasteiger partial charge in [-0.2, -0.15) is 0 Å². The summed E-state index contributed by atoms with van der Waals surface area (Å²) < 4.78 is 0. The largest absolute Gasteiger partial charge is 0.478 e. The monoisotopic (exact) mass is 1200 g/mol. The van der Waals surface area contributed by atoms with Crippen molar-refractivity contribution in [1.82, 2.24) is 58.8 Å². The van der Waals surface area contributed by atoms with Crippen LogP contribution in [-0.4, -0.2) is 299 Å². The van der Waals surface area contributed by atoms with Gasteiger partial charge in [0, 0.05) is 78.5 Å². The minimum absolute atomic E-state index is 0.156. The van der Waals surface area contributed by atoms with E-state index in [0.29, 0.717) is 155 Å². The minimum atomic E-state index is -1.75. The molecule has 0 aromatic rings. The topological polar surface area (TPSA) is 333 Å². The van der Waals surface area contributed by atoms with Gasteiger partial charge in [-0.1, -0.05) is 0 Å². The maximum atomic E-state index is 14.7. The number of carboxylic acids is 1. The number of likely N-dealkylation sites (tertiary alicyclic amines) is 10. The van der Waals surface area contributed by atoms with E-state index in [-0.39, 0.29) is 101 Å². The van der Waals surface area contributed by atoms with Crippen LogP contribution >= 0.6 is 0 Å². The Morgan fingerprint density at radius 2 is 0.395 bits per heavy atom. The van der Waals surface area contributed by atoms with E-state index in [1.54, 1.807) is 9.80 Å². The Kier molecular flexibility index (Phi) is 17.9. The van der Waals surface area contributed by atoms with E-state index >= 15 is 0 Å². The molecule has 0 unspecified atom stereocenters. The molecule has 11 aliphatic rings. The predicted molar refractivity (Wildman–Crippen MR) is 300 cm³/mol. The number of hydrogen-bond donors (Lipinski definition) is 3. The molecule has 28 heteroatoms. The molecule has 10 atom stereocenters. The Labute approximate surface area is 499 Å². The fraction of sp³-hybridized carbons (Fsp3) is 0.776. The lowest BCUT2D eigenvalue weighted by Crippen LogP contribution is -2.60. The average molecular weight is 1200 g/mol. The van der Waals surface area contributed by atoms with Crippen LogP contribution in [0.15, 0.2) is 0 Å². The fourth-order valence-electron chi connectivity index (χ4n) is 16.4. The third-order valence-electron chi connectivity index (χ3n) is 20.6. The van der Waals surface area contributed by atoms with Crippen LogP contribution < -0.4 is 11.5 Å². The van der Waals surface area contributed by atoms with Crippen LogP contribution in [-0.2, 0) is 62.3 Å². The molecule has 0 bridgehead atoms. The second kappa shape index (κ2) is 25.4. The first-order chi connectivity index (χ1) is 41.5. The molecule has 11 fully saturated rings. The van der Waals surface area contributed by atoms with Crippen molar-refractivity contribution in [3.8, 4) is 0 Å². The molecule has 0 aromatic carbocycles. The summed E-state index contributed by atoms with van der Waals surface area (Å²) in [4.78, 5) is 200. The zero-order chi connectivity index (χ0) is 60.8. The number of nitrogens with zero attached hydrogens (tertiary/aromatic N) is 12. The fourth-order valence-corrected chi connectivity index (χ4v) is 16.4. The van der Waals surface area contributed by atoms with E-state index in [1.807, 2.05) is 0 Å². The first-order valence-corrected chi connectivity index (χ1v) is 31.7. The molecule has 11 saturated heterocycles. The van der Waals surface area contributed by atoms with E-state index < -0.39 is 108 Å². The van der Waals surface area contributed by atoms with E-state index in [0.717, 1.165) is 9.80 Å². The van der Waals surface area contributed by atoms with Crippen LogP contribution in [0.5, 0.6) is 0 Å². The molecule has 0 radical (unpaired) electrons. The van der Waals surface area contributed by atoms with Gasteiger partial charge in [0.05, 0.1) is 13.1 Å². The maximum absolute atomic E-state index is 14.7. The minimum Gasteiger partial charge on any atom is -0.478 e. The summed E-state index contributed by atoms with van der Waals surface area (Å²) >= 11 is 0. The molecule has 86 heavy (non-hydrogen) atoms. The van der Waals surface area contributed by atoms with E-state index in [2.05, 4.69) is 0 Å². The Balaban J connectivity index is 0.713. The molecule has 28 nitrogen and oxygen atoms in total. The molecule has 11 aliphatic heterocycles. The summed E-state index contributed by atoms with van der Waals surface area (Å²) in [6.07, 6.45) is 7.13. The average Bonchev–Trinajstić information content (AvgIpc) is 2.20. The lowest BCUT2D eigenvalue weighted by atomic mass is 10.1. The highest BCUT2D eigenvalue weighted by Crippen LogP contribution is 2.36. The van der Waals surface area contributed by atoms with Crippen LogP contribution in [0.1, 0.15) is 128 Å². The van der Waals surface area contributed by atoms with E-state index in [1.165, 1.54) is 39.2 Å². The van der Waals surface area contributed by atoms with E-state index in [9.17, 15) is 67.4 Å². The highest BCUT2D eigenvalue weighted by atomic mass is 16.4. The quantitative estimate of drug-likeness (QED) is 0.164. The van der Waals surface area contributed by atoms with Gasteiger partial charge in [0.2, 0.25) is 77.1 Å². The Morgan fingerprint density at radius 1 is 0.244 bits per heavy atom. The number of amides is 12. The van der Waals surface area contributed by atoms with Gasteiger partial charge in [-0.25, -0.2) is 4.79 Å². The normalized spacial score (nSPS) is 30.5. The number of hydrogen-bond acceptors (Lipinski definition) is 15. The van der Waals surface area contributed by atoms with Gasteiger partial charge in [-0.05, 0) is 128 Å². The Morgan fingerprint density at radius 3 is 0.558 bits per heavy atom. The lowest BCUT2D eigenvalue weighted by molar-refractivity contribution is -0.162. The smallest absolute Gasteiger partial charge is 0.347 e. The van der Waals surface area contributed by atoms with Gasteiger partial charge in [0.25, 0.3) is 0 Å². The van der Waals surface area contributed by atoms with Crippen LogP contribution in [0.2, 0.25) is 0 Å². The third kappa shape index (κ3) is 10.9. The lowest BCUT2D eigenvalue weighted by Gasteiger charge is -2.37. The number of aliphatic carboxylic acids is 1. The standard InChI is InChI=1S/C58H84N14O14/c59-33-45(73)61-21-1-11-35(61)48(75)63-23-3-13-37(63)50(77)65-25-5-15-39(65)52(79)67-27-7-17-41(67)54(81)69-29-9-19-43(69)56(83)71-31-32-72(47(71)58(85)86)57(84)44-20-10-30-70(44)55(82)42-18-8-28-68(42)53(80)40-16-6-26-66(40)51(78)38-14-4-24-64(38)49(76)36-12-2-22-62(36)46(74)34-60/h35-44,47H,1-34,59-60H2,(H,85,86)/t35-,36-,37-,38-,39-,40-,41-,42-,43-,44-/m0/s1. The van der Waals surface area contributed by atoms with Gasteiger partial charge < -0.3 is 75.4 Å². The molecule has 470 valence electrons. The molecule has 0 aromatic heterocycles. The van der Waals surface area contributed by atoms with Crippen LogP contribution in [0.3, 0.4) is 0 Å². The summed E-state index contributed by atoms with van der Waals surface area (Å²) in [5.41, 5.74) is 11.3. The van der Waals surface area contributed by atoms with Crippen molar-refractivity contribution in [2.24, 2.45) is 11.5 Å². The van der Waals surface area contributed by atoms with Crippen molar-refractivity contribution in [1.29, 1.82) is 0 Å². The molecule has 0 saturated carbocycles. The highest BCUT2D eigenvalue weighted by Gasteiger charge is 2.55. The van der Waals surface area contributed by atoms with Crippen molar-refractivity contribution in [2.75, 3.05) is 91.6 Å². The summed E-state index contributed by atoms with van der Waals surface area (Å²) in [5, 5.41) is 10.8. The number of nitrogens with two attached hydrogens (primary N) is 2. The predicted octanol–water partition coefficient (Wildman–Crippen LogP) is -3.10. The number of carboxylic acid groups (broad SMARTS) is 1. The molecular weight excluding hydrogens is 1120 g/mol. The second-order valence-corrected chi connectivity index (χ2v) is 25.2. The molecule has 0 spiro atoms. The Bertz CT molecular complexity index is 2600. The number of carbonyl (C=O) groups excluding carboxylic acids is 12. The van der Waals surface area contributed by atoms with Crippen molar-refractivity contribution in [2.45, 2.75) is 195 Å². The van der Waals surface area contributed by atoms with Crippen LogP contribution in [0.25, 0.3) is 0 Å². The first-order valence-electron chi connectivity index (χ1n) is 31.7. The molecule has 0 aliphatic carbocycles. The molecule has 5 N–H and O–H groups in total. The Hall–Kier alpha value is -6.97.